The third kappa shape index (κ3) is 4.81. The number of aromatic nitrogens is 3. The molecule has 0 aliphatic rings. The number of ether oxygens (including phenoxy) is 1. The Kier molecular flexibility index (Phi) is 5.41. The van der Waals surface area contributed by atoms with Gasteiger partial charge in [-0.25, -0.2) is 0 Å². The van der Waals surface area contributed by atoms with Gasteiger partial charge in [-0.15, -0.1) is 0 Å². The van der Waals surface area contributed by atoms with E-state index in [0.717, 1.165) is 19.3 Å². The maximum absolute atomic E-state index is 5.62. The van der Waals surface area contributed by atoms with Crippen LogP contribution in [0.3, 0.4) is 0 Å². The number of hydrogen-bond donors (Lipinski definition) is 3. The molecule has 0 bridgehead atoms. The summed E-state index contributed by atoms with van der Waals surface area (Å²) in [6, 6.07) is 0. The summed E-state index contributed by atoms with van der Waals surface area (Å²) in [6.45, 7) is 4.83. The number of nitrogens with one attached hydrogen (secondary N) is 1. The minimum atomic E-state index is -0.124. The molecule has 0 radical (unpaired) electrons. The molecule has 0 saturated carbocycles. The summed E-state index contributed by atoms with van der Waals surface area (Å²) in [5, 5.41) is 3.05. The van der Waals surface area contributed by atoms with Crippen LogP contribution in [0.2, 0.25) is 0 Å². The number of nitrogens with zero attached hydrogens (tertiary/aromatic N) is 3. The SMILES string of the molecule is CCCOC(CCC)Nc1nc(N)nc(N)n1. The Labute approximate surface area is 101 Å². The number of hydrogen-bond acceptors (Lipinski definition) is 7. The summed E-state index contributed by atoms with van der Waals surface area (Å²) < 4.78 is 5.62. The van der Waals surface area contributed by atoms with Crippen molar-refractivity contribution in [2.24, 2.45) is 0 Å². The second kappa shape index (κ2) is 6.85. The van der Waals surface area contributed by atoms with Crippen molar-refractivity contribution < 1.29 is 4.74 Å². The molecule has 5 N–H and O–H groups in total. The predicted octanol–water partition coefficient (Wildman–Crippen LogP) is 1.00. The molecule has 0 fully saturated rings. The lowest BCUT2D eigenvalue weighted by atomic mass is 10.3. The second-order valence-electron chi connectivity index (χ2n) is 3.67. The Morgan fingerprint density at radius 1 is 1.12 bits per heavy atom. The van der Waals surface area contributed by atoms with Gasteiger partial charge in [-0.05, 0) is 12.8 Å². The molecule has 7 nitrogen and oxygen atoms in total. The Bertz CT molecular complexity index is 325. The third-order valence-electron chi connectivity index (χ3n) is 2.03. The van der Waals surface area contributed by atoms with Crippen molar-refractivity contribution in [2.75, 3.05) is 23.4 Å². The van der Waals surface area contributed by atoms with Crippen LogP contribution in [0.5, 0.6) is 0 Å². The molecule has 1 unspecified atom stereocenters. The first kappa shape index (κ1) is 13.4. The highest BCUT2D eigenvalue weighted by Crippen LogP contribution is 2.09. The molecule has 0 aliphatic heterocycles. The van der Waals surface area contributed by atoms with Crippen molar-refractivity contribution in [2.45, 2.75) is 39.3 Å². The average Bonchev–Trinajstić information content (AvgIpc) is 2.24. The maximum atomic E-state index is 5.62. The van der Waals surface area contributed by atoms with Crippen molar-refractivity contribution in [1.82, 2.24) is 15.0 Å². The monoisotopic (exact) mass is 240 g/mol. The van der Waals surface area contributed by atoms with Gasteiger partial charge in [0.05, 0.1) is 0 Å². The van der Waals surface area contributed by atoms with E-state index in [-0.39, 0.29) is 18.1 Å². The zero-order valence-corrected chi connectivity index (χ0v) is 10.3. The number of rotatable bonds is 7. The van der Waals surface area contributed by atoms with E-state index in [1.807, 2.05) is 0 Å². The van der Waals surface area contributed by atoms with Gasteiger partial charge in [0.25, 0.3) is 0 Å². The smallest absolute Gasteiger partial charge is 0.231 e. The molecular formula is C10H20N6O. The van der Waals surface area contributed by atoms with Crippen molar-refractivity contribution in [3.05, 3.63) is 0 Å². The van der Waals surface area contributed by atoms with Crippen LogP contribution in [0.15, 0.2) is 0 Å². The molecule has 17 heavy (non-hydrogen) atoms. The summed E-state index contributed by atoms with van der Waals surface area (Å²) in [4.78, 5) is 11.6. The van der Waals surface area contributed by atoms with Gasteiger partial charge < -0.3 is 21.5 Å². The summed E-state index contributed by atoms with van der Waals surface area (Å²) >= 11 is 0. The van der Waals surface area contributed by atoms with Gasteiger partial charge in [0, 0.05) is 6.61 Å². The van der Waals surface area contributed by atoms with E-state index in [2.05, 4.69) is 34.1 Å². The Balaban J connectivity index is 2.63. The first-order chi connectivity index (χ1) is 8.15. The van der Waals surface area contributed by atoms with E-state index in [0.29, 0.717) is 12.6 Å². The molecule has 0 aliphatic carbocycles. The third-order valence-corrected chi connectivity index (χ3v) is 2.03. The van der Waals surface area contributed by atoms with Crippen LogP contribution in [0.1, 0.15) is 33.1 Å². The molecule has 0 aromatic carbocycles. The van der Waals surface area contributed by atoms with E-state index < -0.39 is 0 Å². The van der Waals surface area contributed by atoms with Crippen LogP contribution in [-0.4, -0.2) is 27.8 Å². The second-order valence-corrected chi connectivity index (χ2v) is 3.67. The van der Waals surface area contributed by atoms with E-state index in [4.69, 9.17) is 16.2 Å². The molecule has 96 valence electrons. The van der Waals surface area contributed by atoms with Crippen molar-refractivity contribution in [3.63, 3.8) is 0 Å². The van der Waals surface area contributed by atoms with Crippen LogP contribution >= 0.6 is 0 Å². The summed E-state index contributed by atoms with van der Waals surface area (Å²) in [7, 11) is 0. The first-order valence-electron chi connectivity index (χ1n) is 5.80. The van der Waals surface area contributed by atoms with Gasteiger partial charge in [-0.3, -0.25) is 0 Å². The molecular weight excluding hydrogens is 220 g/mol. The van der Waals surface area contributed by atoms with E-state index >= 15 is 0 Å². The highest BCUT2D eigenvalue weighted by molar-refractivity contribution is 5.37. The van der Waals surface area contributed by atoms with Crippen LogP contribution in [-0.2, 0) is 4.74 Å². The van der Waals surface area contributed by atoms with Crippen LogP contribution in [0, 0.1) is 0 Å². The normalized spacial score (nSPS) is 12.4. The molecule has 1 aromatic heterocycles. The molecule has 0 spiro atoms. The highest BCUT2D eigenvalue weighted by atomic mass is 16.5. The topological polar surface area (TPSA) is 112 Å². The number of nitrogen functional groups attached to an aromatic ring is 2. The van der Waals surface area contributed by atoms with Gasteiger partial charge >= 0.3 is 0 Å². The van der Waals surface area contributed by atoms with E-state index in [9.17, 15) is 0 Å². The molecule has 1 aromatic rings. The van der Waals surface area contributed by atoms with Gasteiger partial charge in [0.2, 0.25) is 17.8 Å². The number of nitrogens with two attached hydrogens (primary N) is 2. The van der Waals surface area contributed by atoms with Crippen molar-refractivity contribution >= 4 is 17.8 Å². The lowest BCUT2D eigenvalue weighted by molar-refractivity contribution is 0.0659. The van der Waals surface area contributed by atoms with E-state index in [1.54, 1.807) is 0 Å². The number of anilines is 3. The first-order valence-corrected chi connectivity index (χ1v) is 5.80. The minimum Gasteiger partial charge on any atom is -0.368 e. The predicted molar refractivity (Wildman–Crippen MR) is 67.2 cm³/mol. The Morgan fingerprint density at radius 2 is 1.76 bits per heavy atom. The van der Waals surface area contributed by atoms with Gasteiger partial charge in [-0.2, -0.15) is 15.0 Å². The molecule has 1 atom stereocenters. The Morgan fingerprint density at radius 3 is 2.29 bits per heavy atom. The quantitative estimate of drug-likeness (QED) is 0.609. The van der Waals surface area contributed by atoms with Gasteiger partial charge in [0.1, 0.15) is 6.23 Å². The summed E-state index contributed by atoms with van der Waals surface area (Å²) in [5.41, 5.74) is 11.0. The van der Waals surface area contributed by atoms with Gasteiger partial charge in [-0.1, -0.05) is 20.3 Å². The molecule has 7 heteroatoms. The van der Waals surface area contributed by atoms with Crippen molar-refractivity contribution in [3.8, 4) is 0 Å². The van der Waals surface area contributed by atoms with Crippen LogP contribution in [0.25, 0.3) is 0 Å². The summed E-state index contributed by atoms with van der Waals surface area (Å²) in [5.74, 6) is 0.557. The fourth-order valence-corrected chi connectivity index (χ4v) is 1.34. The van der Waals surface area contributed by atoms with Crippen molar-refractivity contribution in [1.29, 1.82) is 0 Å². The minimum absolute atomic E-state index is 0.103. The fourth-order valence-electron chi connectivity index (χ4n) is 1.34. The van der Waals surface area contributed by atoms with Crippen LogP contribution in [0.4, 0.5) is 17.8 Å². The lowest BCUT2D eigenvalue weighted by Gasteiger charge is -2.18. The fraction of sp³-hybridized carbons (Fsp3) is 0.700. The Hall–Kier alpha value is -1.63. The molecule has 0 saturated heterocycles. The molecule has 1 rings (SSSR count). The van der Waals surface area contributed by atoms with Gasteiger partial charge in [0.15, 0.2) is 0 Å². The molecule has 1 heterocycles. The lowest BCUT2D eigenvalue weighted by Crippen LogP contribution is -2.25. The molecule has 0 amide bonds. The largest absolute Gasteiger partial charge is 0.368 e. The summed E-state index contributed by atoms with van der Waals surface area (Å²) in [6.07, 6.45) is 2.70. The standard InChI is InChI=1S/C10H20N6O/c1-3-5-7(17-6-4-2)13-10-15-8(11)14-9(12)16-10/h7H,3-6H2,1-2H3,(H5,11,12,13,14,15,16). The average molecular weight is 240 g/mol. The zero-order chi connectivity index (χ0) is 12.7. The maximum Gasteiger partial charge on any atom is 0.231 e. The van der Waals surface area contributed by atoms with E-state index in [1.165, 1.54) is 0 Å². The highest BCUT2D eigenvalue weighted by Gasteiger charge is 2.10. The zero-order valence-electron chi connectivity index (χ0n) is 10.3. The van der Waals surface area contributed by atoms with Crippen LogP contribution < -0.4 is 16.8 Å².